The second-order valence-electron chi connectivity index (χ2n) is 5.63. The summed E-state index contributed by atoms with van der Waals surface area (Å²) in [5.41, 5.74) is -0.0304. The minimum Gasteiger partial charge on any atom is -0.481 e. The van der Waals surface area contributed by atoms with Crippen molar-refractivity contribution in [2.45, 2.75) is 26.4 Å². The smallest absolute Gasteiger partial charge is 0.416 e. The Hall–Kier alpha value is -2.84. The van der Waals surface area contributed by atoms with Crippen molar-refractivity contribution in [1.29, 1.82) is 0 Å². The fraction of sp³-hybridized carbons (Fsp3) is 0.353. The van der Waals surface area contributed by atoms with Gasteiger partial charge in [-0.25, -0.2) is 4.68 Å². The molecule has 0 fully saturated rings. The highest BCUT2D eigenvalue weighted by Crippen LogP contribution is 2.30. The molecule has 1 heterocycles. The molecular weight excluding hydrogens is 351 g/mol. The first kappa shape index (κ1) is 19.5. The van der Waals surface area contributed by atoms with Gasteiger partial charge in [0.15, 0.2) is 0 Å². The molecule has 140 valence electrons. The first-order chi connectivity index (χ1) is 12.1. The predicted molar refractivity (Wildman–Crippen MR) is 87.1 cm³/mol. The van der Waals surface area contributed by atoms with Crippen molar-refractivity contribution < 1.29 is 27.9 Å². The molecule has 0 spiro atoms. The molecule has 0 aliphatic carbocycles. The molecule has 1 aromatic heterocycles. The first-order valence-electron chi connectivity index (χ1n) is 7.88. The van der Waals surface area contributed by atoms with E-state index in [0.717, 1.165) is 12.1 Å². The molecule has 0 aliphatic heterocycles. The number of hydrogen-bond donors (Lipinski definition) is 1. The zero-order chi connectivity index (χ0) is 19.5. The molecule has 0 atom stereocenters. The summed E-state index contributed by atoms with van der Waals surface area (Å²) in [6.07, 6.45) is -3.40. The third kappa shape index (κ3) is 4.22. The lowest BCUT2D eigenvalue weighted by molar-refractivity contribution is -0.138. The Balaban J connectivity index is 2.32. The van der Waals surface area contributed by atoms with Crippen LogP contribution in [-0.2, 0) is 11.0 Å². The zero-order valence-electron chi connectivity index (χ0n) is 14.2. The predicted octanol–water partition coefficient (Wildman–Crippen LogP) is 3.14. The van der Waals surface area contributed by atoms with E-state index in [-0.39, 0.29) is 24.2 Å². The van der Waals surface area contributed by atoms with Gasteiger partial charge >= 0.3 is 12.1 Å². The number of carboxylic acids is 1. The van der Waals surface area contributed by atoms with E-state index in [1.807, 2.05) is 0 Å². The van der Waals surface area contributed by atoms with Crippen molar-refractivity contribution in [2.75, 3.05) is 13.1 Å². The second-order valence-corrected chi connectivity index (χ2v) is 5.63. The maximum atomic E-state index is 12.9. The molecule has 2 rings (SSSR count). The fourth-order valence-electron chi connectivity index (χ4n) is 2.50. The van der Waals surface area contributed by atoms with Gasteiger partial charge in [-0.1, -0.05) is 6.07 Å². The third-order valence-electron chi connectivity index (χ3n) is 3.92. The van der Waals surface area contributed by atoms with E-state index in [0.29, 0.717) is 12.2 Å². The van der Waals surface area contributed by atoms with E-state index < -0.39 is 23.6 Å². The summed E-state index contributed by atoms with van der Waals surface area (Å²) >= 11 is 0. The largest absolute Gasteiger partial charge is 0.481 e. The first-order valence-corrected chi connectivity index (χ1v) is 7.88. The highest BCUT2D eigenvalue weighted by atomic mass is 19.4. The number of aliphatic carboxylic acids is 1. The van der Waals surface area contributed by atoms with E-state index in [1.165, 1.54) is 27.9 Å². The van der Waals surface area contributed by atoms with Gasteiger partial charge in [-0.05, 0) is 32.0 Å². The molecule has 2 aromatic rings. The quantitative estimate of drug-likeness (QED) is 0.849. The van der Waals surface area contributed by atoms with Crippen LogP contribution in [-0.4, -0.2) is 44.8 Å². The normalized spacial score (nSPS) is 11.4. The van der Waals surface area contributed by atoms with Gasteiger partial charge in [0.05, 0.1) is 35.1 Å². The lowest BCUT2D eigenvalue weighted by Crippen LogP contribution is -2.33. The minimum absolute atomic E-state index is 0.0405. The molecule has 0 aliphatic rings. The van der Waals surface area contributed by atoms with Crippen molar-refractivity contribution in [3.8, 4) is 5.69 Å². The number of rotatable bonds is 6. The van der Waals surface area contributed by atoms with Crippen LogP contribution in [0.3, 0.4) is 0 Å². The third-order valence-corrected chi connectivity index (χ3v) is 3.92. The summed E-state index contributed by atoms with van der Waals surface area (Å²) in [7, 11) is 0. The van der Waals surface area contributed by atoms with Gasteiger partial charge < -0.3 is 10.0 Å². The van der Waals surface area contributed by atoms with Crippen LogP contribution < -0.4 is 0 Å². The van der Waals surface area contributed by atoms with Crippen LogP contribution in [0.25, 0.3) is 5.69 Å². The molecule has 0 bridgehead atoms. The van der Waals surface area contributed by atoms with Gasteiger partial charge in [-0.2, -0.15) is 18.3 Å². The summed E-state index contributed by atoms with van der Waals surface area (Å²) in [6.45, 7) is 3.64. The van der Waals surface area contributed by atoms with Crippen molar-refractivity contribution in [1.82, 2.24) is 14.7 Å². The lowest BCUT2D eigenvalue weighted by Gasteiger charge is -2.19. The molecule has 6 nitrogen and oxygen atoms in total. The second kappa shape index (κ2) is 7.59. The van der Waals surface area contributed by atoms with E-state index >= 15 is 0 Å². The van der Waals surface area contributed by atoms with Crippen LogP contribution in [0.15, 0.2) is 30.5 Å². The van der Waals surface area contributed by atoms with Crippen LogP contribution >= 0.6 is 0 Å². The Kier molecular flexibility index (Phi) is 5.69. The fourth-order valence-corrected chi connectivity index (χ4v) is 2.50. The van der Waals surface area contributed by atoms with Crippen LogP contribution in [0, 0.1) is 6.92 Å². The van der Waals surface area contributed by atoms with E-state index in [1.54, 1.807) is 13.8 Å². The number of benzene rings is 1. The van der Waals surface area contributed by atoms with Crippen LogP contribution in [0.1, 0.15) is 35.0 Å². The number of carbonyl (C=O) groups is 2. The molecule has 1 N–H and O–H groups in total. The topological polar surface area (TPSA) is 75.4 Å². The molecule has 26 heavy (non-hydrogen) atoms. The van der Waals surface area contributed by atoms with Crippen molar-refractivity contribution in [3.63, 3.8) is 0 Å². The monoisotopic (exact) mass is 369 g/mol. The highest BCUT2D eigenvalue weighted by Gasteiger charge is 2.31. The van der Waals surface area contributed by atoms with E-state index in [4.69, 9.17) is 5.11 Å². The van der Waals surface area contributed by atoms with Crippen LogP contribution in [0.2, 0.25) is 0 Å². The molecule has 9 heteroatoms. The molecule has 0 radical (unpaired) electrons. The maximum Gasteiger partial charge on any atom is 0.416 e. The van der Waals surface area contributed by atoms with Crippen molar-refractivity contribution in [3.05, 3.63) is 47.3 Å². The van der Waals surface area contributed by atoms with Gasteiger partial charge in [0.25, 0.3) is 5.91 Å². The van der Waals surface area contributed by atoms with Gasteiger partial charge in [0.2, 0.25) is 0 Å². The number of nitrogens with zero attached hydrogens (tertiary/aromatic N) is 3. The number of hydrogen-bond acceptors (Lipinski definition) is 3. The van der Waals surface area contributed by atoms with Gasteiger partial charge in [-0.15, -0.1) is 0 Å². The summed E-state index contributed by atoms with van der Waals surface area (Å²) in [4.78, 5) is 24.6. The van der Waals surface area contributed by atoms with E-state index in [9.17, 15) is 22.8 Å². The average molecular weight is 369 g/mol. The molecule has 1 aromatic carbocycles. The Morgan fingerprint density at radius 2 is 2.00 bits per heavy atom. The Morgan fingerprint density at radius 1 is 1.31 bits per heavy atom. The van der Waals surface area contributed by atoms with Crippen LogP contribution in [0.4, 0.5) is 13.2 Å². The molecule has 0 saturated heterocycles. The highest BCUT2D eigenvalue weighted by molar-refractivity contribution is 5.95. The number of amides is 1. The molecule has 1 amide bonds. The van der Waals surface area contributed by atoms with Crippen LogP contribution in [0.5, 0.6) is 0 Å². The summed E-state index contributed by atoms with van der Waals surface area (Å²) in [5.74, 6) is -1.43. The lowest BCUT2D eigenvalue weighted by atomic mass is 10.2. The standard InChI is InChI=1S/C17H18F3N3O3/c1-3-22(8-7-15(24)25)16(26)14-10-21-23(11(14)2)13-6-4-5-12(9-13)17(18,19)20/h4-6,9-10H,3,7-8H2,1-2H3,(H,24,25). The average Bonchev–Trinajstić information content (AvgIpc) is 2.96. The summed E-state index contributed by atoms with van der Waals surface area (Å²) in [5, 5.41) is 12.8. The van der Waals surface area contributed by atoms with Gasteiger partial charge in [0, 0.05) is 13.1 Å². The Morgan fingerprint density at radius 3 is 2.58 bits per heavy atom. The Labute approximate surface area is 147 Å². The van der Waals surface area contributed by atoms with Crippen molar-refractivity contribution in [2.24, 2.45) is 0 Å². The molecule has 0 unspecified atom stereocenters. The number of carbonyl (C=O) groups excluding carboxylic acids is 1. The molecule has 0 saturated carbocycles. The number of carboxylic acid groups (broad SMARTS) is 1. The van der Waals surface area contributed by atoms with Gasteiger partial charge in [-0.3, -0.25) is 9.59 Å². The molecular formula is C17H18F3N3O3. The van der Waals surface area contributed by atoms with Crippen molar-refractivity contribution >= 4 is 11.9 Å². The Bertz CT molecular complexity index is 815. The summed E-state index contributed by atoms with van der Waals surface area (Å²) < 4.78 is 39.9. The maximum absolute atomic E-state index is 12.9. The summed E-state index contributed by atoms with van der Waals surface area (Å²) in [6, 6.07) is 4.65. The minimum atomic E-state index is -4.48. The zero-order valence-corrected chi connectivity index (χ0v) is 14.2. The SMILES string of the molecule is CCN(CCC(=O)O)C(=O)c1cnn(-c2cccc(C(F)(F)F)c2)c1C. The van der Waals surface area contributed by atoms with E-state index in [2.05, 4.69) is 5.10 Å². The number of alkyl halides is 3. The number of aromatic nitrogens is 2. The van der Waals surface area contributed by atoms with Gasteiger partial charge in [0.1, 0.15) is 0 Å². The number of halogens is 3.